The highest BCUT2D eigenvalue weighted by Gasteiger charge is 2.30. The van der Waals surface area contributed by atoms with Crippen molar-refractivity contribution in [3.05, 3.63) is 52.3 Å². The molecule has 34 heavy (non-hydrogen) atoms. The standard InChI is InChI=1S/C28H41N3O3/c1-12-28(8,9)26(32)34-20(4)33-25(24-18(2)19(3)30-31(24)11)23(17-29-10)21-13-15-22(16-14-21)27(5,6)7/h13-17,20H,12H2,1-11H3/b25-23-,29-17-. The Hall–Kier alpha value is -2.89. The third-order valence-corrected chi connectivity index (χ3v) is 6.29. The summed E-state index contributed by atoms with van der Waals surface area (Å²) in [6, 6.07) is 8.42. The molecule has 1 aromatic heterocycles. The first-order valence-electron chi connectivity index (χ1n) is 11.9. The fourth-order valence-corrected chi connectivity index (χ4v) is 3.52. The zero-order valence-corrected chi connectivity index (χ0v) is 22.7. The molecule has 6 heteroatoms. The second-order valence-electron chi connectivity index (χ2n) is 10.5. The van der Waals surface area contributed by atoms with E-state index in [1.807, 2.05) is 41.7 Å². The molecule has 1 aromatic carbocycles. The van der Waals surface area contributed by atoms with Gasteiger partial charge >= 0.3 is 5.97 Å². The van der Waals surface area contributed by atoms with E-state index in [9.17, 15) is 4.79 Å². The maximum absolute atomic E-state index is 12.7. The van der Waals surface area contributed by atoms with E-state index in [-0.39, 0.29) is 11.4 Å². The van der Waals surface area contributed by atoms with Crippen molar-refractivity contribution < 1.29 is 14.3 Å². The van der Waals surface area contributed by atoms with Gasteiger partial charge in [0.15, 0.2) is 5.76 Å². The Morgan fingerprint density at radius 3 is 2.15 bits per heavy atom. The fraction of sp³-hybridized carbons (Fsp3) is 0.536. The molecule has 0 spiro atoms. The number of nitrogens with zero attached hydrogens (tertiary/aromatic N) is 3. The zero-order chi connectivity index (χ0) is 25.8. The third kappa shape index (κ3) is 6.16. The summed E-state index contributed by atoms with van der Waals surface area (Å²) >= 11 is 0. The summed E-state index contributed by atoms with van der Waals surface area (Å²) in [5.41, 5.74) is 5.19. The fourth-order valence-electron chi connectivity index (χ4n) is 3.52. The number of aromatic nitrogens is 2. The minimum atomic E-state index is -0.794. The SMILES string of the molecule is CCC(C)(C)C(=O)OC(C)O/C(=C(/C=N\C)c1ccc(C(C)(C)C)cc1)c1c(C)c(C)nn1C. The van der Waals surface area contributed by atoms with Gasteiger partial charge in [-0.15, -0.1) is 0 Å². The third-order valence-electron chi connectivity index (χ3n) is 6.29. The van der Waals surface area contributed by atoms with E-state index in [0.29, 0.717) is 12.2 Å². The number of hydrogen-bond acceptors (Lipinski definition) is 5. The lowest BCUT2D eigenvalue weighted by Crippen LogP contribution is -2.30. The minimum absolute atomic E-state index is 0.0467. The molecule has 0 saturated carbocycles. The number of aliphatic imine (C=N–C) groups is 1. The van der Waals surface area contributed by atoms with E-state index in [4.69, 9.17) is 9.47 Å². The van der Waals surface area contributed by atoms with Crippen LogP contribution in [0.2, 0.25) is 0 Å². The van der Waals surface area contributed by atoms with E-state index >= 15 is 0 Å². The van der Waals surface area contributed by atoms with Crippen molar-refractivity contribution in [3.8, 4) is 0 Å². The van der Waals surface area contributed by atoms with Gasteiger partial charge in [-0.25, -0.2) is 0 Å². The largest absolute Gasteiger partial charge is 0.452 e. The van der Waals surface area contributed by atoms with Crippen molar-refractivity contribution in [2.45, 2.75) is 80.4 Å². The maximum Gasteiger partial charge on any atom is 0.314 e. The molecule has 0 saturated heterocycles. The van der Waals surface area contributed by atoms with Gasteiger partial charge in [0.2, 0.25) is 6.29 Å². The molecule has 1 heterocycles. The first-order valence-corrected chi connectivity index (χ1v) is 11.9. The van der Waals surface area contributed by atoms with Crippen molar-refractivity contribution in [1.82, 2.24) is 9.78 Å². The zero-order valence-electron chi connectivity index (χ0n) is 22.7. The van der Waals surface area contributed by atoms with Crippen molar-refractivity contribution >= 4 is 23.5 Å². The number of carbonyl (C=O) groups excluding carboxylic acids is 1. The van der Waals surface area contributed by atoms with Crippen molar-refractivity contribution in [2.24, 2.45) is 17.5 Å². The lowest BCUT2D eigenvalue weighted by molar-refractivity contribution is -0.174. The first-order chi connectivity index (χ1) is 15.7. The van der Waals surface area contributed by atoms with Gasteiger partial charge in [-0.1, -0.05) is 52.0 Å². The number of carbonyl (C=O) groups is 1. The van der Waals surface area contributed by atoms with E-state index in [0.717, 1.165) is 28.1 Å². The summed E-state index contributed by atoms with van der Waals surface area (Å²) < 4.78 is 13.9. The number of ether oxygens (including phenoxy) is 2. The Morgan fingerprint density at radius 2 is 1.71 bits per heavy atom. The number of esters is 1. The predicted molar refractivity (Wildman–Crippen MR) is 140 cm³/mol. The molecule has 0 radical (unpaired) electrons. The van der Waals surface area contributed by atoms with Crippen molar-refractivity contribution in [3.63, 3.8) is 0 Å². The van der Waals surface area contributed by atoms with E-state index < -0.39 is 11.7 Å². The second kappa shape index (κ2) is 10.6. The van der Waals surface area contributed by atoms with Crippen molar-refractivity contribution in [1.29, 1.82) is 0 Å². The van der Waals surface area contributed by atoms with E-state index in [1.165, 1.54) is 5.56 Å². The average molecular weight is 468 g/mol. The van der Waals surface area contributed by atoms with Crippen LogP contribution < -0.4 is 0 Å². The molecule has 0 N–H and O–H groups in total. The van der Waals surface area contributed by atoms with E-state index in [2.05, 4.69) is 55.1 Å². The van der Waals surface area contributed by atoms with Gasteiger partial charge < -0.3 is 9.47 Å². The van der Waals surface area contributed by atoms with Crippen LogP contribution in [-0.4, -0.2) is 35.3 Å². The highest BCUT2D eigenvalue weighted by molar-refractivity contribution is 6.18. The molecule has 6 nitrogen and oxygen atoms in total. The Balaban J connectivity index is 2.65. The van der Waals surface area contributed by atoms with Gasteiger partial charge in [0.1, 0.15) is 5.69 Å². The lowest BCUT2D eigenvalue weighted by atomic mass is 9.86. The Morgan fingerprint density at radius 1 is 1.12 bits per heavy atom. The van der Waals surface area contributed by atoms with E-state index in [1.54, 1.807) is 24.9 Å². The van der Waals surface area contributed by atoms with Gasteiger partial charge in [-0.05, 0) is 50.7 Å². The summed E-state index contributed by atoms with van der Waals surface area (Å²) in [5.74, 6) is 0.282. The molecule has 0 aliphatic rings. The molecule has 0 aliphatic carbocycles. The Bertz CT molecular complexity index is 1070. The van der Waals surface area contributed by atoms with Crippen LogP contribution in [0.25, 0.3) is 11.3 Å². The molecule has 1 unspecified atom stereocenters. The quantitative estimate of drug-likeness (QED) is 0.199. The van der Waals surface area contributed by atoms with Crippen LogP contribution in [0.3, 0.4) is 0 Å². The molecular formula is C28H41N3O3. The summed E-state index contributed by atoms with van der Waals surface area (Å²) in [5, 5.41) is 4.59. The topological polar surface area (TPSA) is 65.7 Å². The van der Waals surface area contributed by atoms with Gasteiger partial charge in [-0.2, -0.15) is 5.10 Å². The molecule has 2 aromatic rings. The number of benzene rings is 1. The second-order valence-corrected chi connectivity index (χ2v) is 10.5. The van der Waals surface area contributed by atoms with Crippen LogP contribution in [0.4, 0.5) is 0 Å². The normalized spacial score (nSPS) is 14.2. The molecule has 2 rings (SSSR count). The number of aryl methyl sites for hydroxylation is 2. The van der Waals surface area contributed by atoms with Crippen LogP contribution in [0.5, 0.6) is 0 Å². The first kappa shape index (κ1) is 27.4. The molecule has 0 aliphatic heterocycles. The van der Waals surface area contributed by atoms with Crippen LogP contribution in [-0.2, 0) is 26.7 Å². The molecule has 186 valence electrons. The number of allylic oxidation sites excluding steroid dienone is 1. The average Bonchev–Trinajstić information content (AvgIpc) is 3.01. The van der Waals surface area contributed by atoms with Crippen LogP contribution in [0, 0.1) is 19.3 Å². The highest BCUT2D eigenvalue weighted by atomic mass is 16.7. The lowest BCUT2D eigenvalue weighted by Gasteiger charge is -2.25. The van der Waals surface area contributed by atoms with Crippen LogP contribution in [0.15, 0.2) is 29.3 Å². The summed E-state index contributed by atoms with van der Waals surface area (Å²) in [7, 11) is 3.62. The molecule has 1 atom stereocenters. The monoisotopic (exact) mass is 467 g/mol. The van der Waals surface area contributed by atoms with Gasteiger partial charge in [0, 0.05) is 38.4 Å². The van der Waals surface area contributed by atoms with Crippen LogP contribution >= 0.6 is 0 Å². The van der Waals surface area contributed by atoms with Crippen molar-refractivity contribution in [2.75, 3.05) is 7.05 Å². The van der Waals surface area contributed by atoms with Crippen LogP contribution in [0.1, 0.15) is 83.0 Å². The minimum Gasteiger partial charge on any atom is -0.452 e. The molecule has 0 amide bonds. The Labute approximate surface area is 205 Å². The smallest absolute Gasteiger partial charge is 0.314 e. The molecular weight excluding hydrogens is 426 g/mol. The number of hydrogen-bond donors (Lipinski definition) is 0. The van der Waals surface area contributed by atoms with Gasteiger partial charge in [-0.3, -0.25) is 14.5 Å². The highest BCUT2D eigenvalue weighted by Crippen LogP contribution is 2.33. The number of rotatable bonds is 8. The van der Waals surface area contributed by atoms with Gasteiger partial charge in [0.25, 0.3) is 0 Å². The summed E-state index contributed by atoms with van der Waals surface area (Å²) in [4.78, 5) is 17.0. The van der Waals surface area contributed by atoms with Gasteiger partial charge in [0.05, 0.1) is 11.1 Å². The maximum atomic E-state index is 12.7. The Kier molecular flexibility index (Phi) is 8.51. The summed E-state index contributed by atoms with van der Waals surface area (Å²) in [6.45, 7) is 18.0. The predicted octanol–water partition coefficient (Wildman–Crippen LogP) is 6.25. The molecule has 0 fully saturated rings. The molecule has 0 bridgehead atoms. The summed E-state index contributed by atoms with van der Waals surface area (Å²) in [6.07, 6.45) is 1.67.